The number of fused-ring (bicyclic) bond motifs is 1. The average Bonchev–Trinajstić information content (AvgIpc) is 2.73. The maximum Gasteiger partial charge on any atom is 0.381 e. The third kappa shape index (κ3) is 3.64. The highest BCUT2D eigenvalue weighted by Crippen LogP contribution is 2.46. The highest BCUT2D eigenvalue weighted by molar-refractivity contribution is 7.61. The molecule has 1 N–H and O–H groups in total. The summed E-state index contributed by atoms with van der Waals surface area (Å²) in [6.07, 6.45) is 0. The second-order valence-electron chi connectivity index (χ2n) is 6.07. The second-order valence-corrected chi connectivity index (χ2v) is 7.75. The minimum Gasteiger partial charge on any atom is -0.320 e. The molecule has 0 saturated heterocycles. The summed E-state index contributed by atoms with van der Waals surface area (Å²) >= 11 is 0. The molecule has 5 heteroatoms. The Balaban J connectivity index is 1.79. The molecule has 0 aliphatic rings. The van der Waals surface area contributed by atoms with E-state index in [1.807, 2.05) is 91.0 Å². The van der Waals surface area contributed by atoms with Crippen molar-refractivity contribution in [3.63, 3.8) is 0 Å². The van der Waals surface area contributed by atoms with Gasteiger partial charge in [-0.1, -0.05) is 72.8 Å². The van der Waals surface area contributed by atoms with E-state index in [1.165, 1.54) is 5.06 Å². The minimum absolute atomic E-state index is 0.275. The van der Waals surface area contributed by atoms with Crippen molar-refractivity contribution in [1.82, 2.24) is 0 Å². The summed E-state index contributed by atoms with van der Waals surface area (Å²) in [6.45, 7) is 0. The molecule has 0 aromatic heterocycles. The predicted octanol–water partition coefficient (Wildman–Crippen LogP) is 5.42. The summed E-state index contributed by atoms with van der Waals surface area (Å²) in [6, 6.07) is 31.3. The average molecular weight is 375 g/mol. The van der Waals surface area contributed by atoms with E-state index in [0.717, 1.165) is 5.39 Å². The van der Waals surface area contributed by atoms with Gasteiger partial charge < -0.3 is 4.89 Å². The molecule has 4 aromatic carbocycles. The van der Waals surface area contributed by atoms with Crippen LogP contribution in [-0.2, 0) is 9.19 Å². The van der Waals surface area contributed by atoms with Gasteiger partial charge >= 0.3 is 7.60 Å². The van der Waals surface area contributed by atoms with Crippen LogP contribution in [0.1, 0.15) is 0 Å². The van der Waals surface area contributed by atoms with Gasteiger partial charge in [-0.05, 0) is 41.1 Å². The Morgan fingerprint density at radius 1 is 0.667 bits per heavy atom. The lowest BCUT2D eigenvalue weighted by atomic mass is 10.1. The standard InChI is InChI=1S/C22H18NO3P/c24-27(25,22-17-9-11-18-10-7-8-16-21(18)22)26-23(19-12-3-1-4-13-19)20-14-5-2-6-15-20/h1-17H,(H,24,25). The lowest BCUT2D eigenvalue weighted by molar-refractivity contribution is 0.273. The van der Waals surface area contributed by atoms with Gasteiger partial charge in [0.15, 0.2) is 0 Å². The summed E-state index contributed by atoms with van der Waals surface area (Å²) in [5.41, 5.74) is 1.33. The zero-order valence-corrected chi connectivity index (χ0v) is 15.4. The number of para-hydroxylation sites is 2. The van der Waals surface area contributed by atoms with Crippen LogP contribution in [0, 0.1) is 0 Å². The minimum atomic E-state index is -4.15. The molecular formula is C22H18NO3P. The molecule has 0 heterocycles. The highest BCUT2D eigenvalue weighted by atomic mass is 31.2. The quantitative estimate of drug-likeness (QED) is 0.374. The summed E-state index contributed by atoms with van der Waals surface area (Å²) in [4.78, 5) is 10.9. The first-order valence-electron chi connectivity index (χ1n) is 8.56. The SMILES string of the molecule is O=P(O)(ON(c1ccccc1)c1ccccc1)c1cccc2ccccc12. The zero-order valence-electron chi connectivity index (χ0n) is 14.5. The van der Waals surface area contributed by atoms with Crippen molar-refractivity contribution in [3.8, 4) is 0 Å². The summed E-state index contributed by atoms with van der Waals surface area (Å²) in [5.74, 6) is 0. The van der Waals surface area contributed by atoms with Gasteiger partial charge in [-0.2, -0.15) is 4.62 Å². The Kier molecular flexibility index (Phi) is 4.78. The molecule has 4 nitrogen and oxygen atoms in total. The molecule has 4 aromatic rings. The fourth-order valence-electron chi connectivity index (χ4n) is 2.98. The fourth-order valence-corrected chi connectivity index (χ4v) is 4.26. The van der Waals surface area contributed by atoms with Gasteiger partial charge in [0, 0.05) is 0 Å². The second kappa shape index (κ2) is 7.37. The first kappa shape index (κ1) is 17.5. The van der Waals surface area contributed by atoms with Gasteiger partial charge in [0.1, 0.15) is 0 Å². The molecular weight excluding hydrogens is 357 g/mol. The lowest BCUT2D eigenvalue weighted by Crippen LogP contribution is -2.20. The number of rotatable bonds is 5. The topological polar surface area (TPSA) is 49.8 Å². The van der Waals surface area contributed by atoms with Crippen molar-refractivity contribution in [2.45, 2.75) is 0 Å². The molecule has 27 heavy (non-hydrogen) atoms. The van der Waals surface area contributed by atoms with Gasteiger partial charge in [0.05, 0.1) is 16.7 Å². The molecule has 0 aliphatic carbocycles. The molecule has 4 rings (SSSR count). The van der Waals surface area contributed by atoms with Crippen LogP contribution in [0.15, 0.2) is 103 Å². The van der Waals surface area contributed by atoms with Crippen molar-refractivity contribution in [2.75, 3.05) is 5.06 Å². The van der Waals surface area contributed by atoms with Crippen molar-refractivity contribution < 1.29 is 14.1 Å². The van der Waals surface area contributed by atoms with Crippen LogP contribution in [0.2, 0.25) is 0 Å². The molecule has 0 amide bonds. The summed E-state index contributed by atoms with van der Waals surface area (Å²) in [5, 5.41) is 3.27. The fraction of sp³-hybridized carbons (Fsp3) is 0. The van der Waals surface area contributed by atoms with E-state index >= 15 is 0 Å². The largest absolute Gasteiger partial charge is 0.381 e. The van der Waals surface area contributed by atoms with Crippen molar-refractivity contribution in [2.24, 2.45) is 0 Å². The third-order valence-electron chi connectivity index (χ3n) is 4.24. The Morgan fingerprint density at radius 3 is 1.81 bits per heavy atom. The Hall–Kier alpha value is -2.91. The van der Waals surface area contributed by atoms with Gasteiger partial charge in [0.25, 0.3) is 0 Å². The highest BCUT2D eigenvalue weighted by Gasteiger charge is 2.30. The van der Waals surface area contributed by atoms with E-state index < -0.39 is 7.60 Å². The number of hydrogen-bond donors (Lipinski definition) is 1. The van der Waals surface area contributed by atoms with Crippen molar-refractivity contribution in [3.05, 3.63) is 103 Å². The lowest BCUT2D eigenvalue weighted by Gasteiger charge is -2.26. The molecule has 0 spiro atoms. The van der Waals surface area contributed by atoms with E-state index in [2.05, 4.69) is 0 Å². The Labute approximate surface area is 157 Å². The van der Waals surface area contributed by atoms with Crippen LogP contribution in [0.5, 0.6) is 0 Å². The van der Waals surface area contributed by atoms with Gasteiger partial charge in [-0.3, -0.25) is 4.57 Å². The van der Waals surface area contributed by atoms with Gasteiger partial charge in [-0.15, -0.1) is 0 Å². The van der Waals surface area contributed by atoms with Crippen LogP contribution in [0.3, 0.4) is 0 Å². The normalized spacial score (nSPS) is 13.2. The molecule has 0 bridgehead atoms. The number of nitrogens with zero attached hydrogens (tertiary/aromatic N) is 1. The van der Waals surface area contributed by atoms with E-state index in [-0.39, 0.29) is 5.30 Å². The van der Waals surface area contributed by atoms with Crippen LogP contribution in [-0.4, -0.2) is 4.89 Å². The van der Waals surface area contributed by atoms with Gasteiger partial charge in [0.2, 0.25) is 0 Å². The molecule has 0 aliphatic heterocycles. The van der Waals surface area contributed by atoms with Crippen LogP contribution >= 0.6 is 7.60 Å². The van der Waals surface area contributed by atoms with Crippen molar-refractivity contribution in [1.29, 1.82) is 0 Å². The molecule has 1 atom stereocenters. The monoisotopic (exact) mass is 375 g/mol. The van der Waals surface area contributed by atoms with E-state index in [9.17, 15) is 9.46 Å². The predicted molar refractivity (Wildman–Crippen MR) is 110 cm³/mol. The van der Waals surface area contributed by atoms with E-state index in [4.69, 9.17) is 4.62 Å². The van der Waals surface area contributed by atoms with Crippen LogP contribution in [0.25, 0.3) is 10.8 Å². The van der Waals surface area contributed by atoms with E-state index in [1.54, 1.807) is 12.1 Å². The number of anilines is 2. The smallest absolute Gasteiger partial charge is 0.320 e. The molecule has 0 saturated carbocycles. The number of benzene rings is 4. The van der Waals surface area contributed by atoms with Gasteiger partial charge in [-0.25, -0.2) is 5.06 Å². The van der Waals surface area contributed by atoms with E-state index in [0.29, 0.717) is 16.8 Å². The molecule has 134 valence electrons. The molecule has 1 unspecified atom stereocenters. The molecule has 0 radical (unpaired) electrons. The maximum absolute atomic E-state index is 13.3. The molecule has 0 fully saturated rings. The Morgan fingerprint density at radius 2 is 1.19 bits per heavy atom. The first-order valence-corrected chi connectivity index (χ1v) is 10.1. The first-order chi connectivity index (χ1) is 13.1. The van der Waals surface area contributed by atoms with Crippen LogP contribution < -0.4 is 10.4 Å². The number of hydrogen-bond acceptors (Lipinski definition) is 3. The summed E-state index contributed by atoms with van der Waals surface area (Å²) in [7, 11) is -4.15. The third-order valence-corrected chi connectivity index (χ3v) is 5.63. The zero-order chi connectivity index (χ0) is 18.7. The van der Waals surface area contributed by atoms with Crippen molar-refractivity contribution >= 4 is 35.0 Å². The Bertz CT molecular complexity index is 1060. The van der Waals surface area contributed by atoms with Crippen LogP contribution in [0.4, 0.5) is 11.4 Å². The summed E-state index contributed by atoms with van der Waals surface area (Å²) < 4.78 is 19.0. The maximum atomic E-state index is 13.3.